The molecule has 28 heavy (non-hydrogen) atoms. The summed E-state index contributed by atoms with van der Waals surface area (Å²) in [7, 11) is 0. The molecule has 0 aromatic rings. The van der Waals surface area contributed by atoms with Gasteiger partial charge in [-0.15, -0.1) is 0 Å². The lowest BCUT2D eigenvalue weighted by Crippen LogP contribution is -2.46. The van der Waals surface area contributed by atoms with Gasteiger partial charge in [0.1, 0.15) is 0 Å². The summed E-state index contributed by atoms with van der Waals surface area (Å²) in [5.41, 5.74) is 0. The van der Waals surface area contributed by atoms with Gasteiger partial charge in [-0.05, 0) is 25.3 Å². The number of carbonyl (C=O) groups is 3. The zero-order valence-corrected chi connectivity index (χ0v) is 17.2. The van der Waals surface area contributed by atoms with Gasteiger partial charge in [-0.2, -0.15) is 0 Å². The van der Waals surface area contributed by atoms with Crippen LogP contribution < -0.4 is 5.11 Å². The number of nitrogens with zero attached hydrogens (tertiary/aromatic N) is 1. The van der Waals surface area contributed by atoms with E-state index in [1.165, 1.54) is 25.7 Å². The van der Waals surface area contributed by atoms with Gasteiger partial charge in [0.15, 0.2) is 0 Å². The number of hydrogen-bond donors (Lipinski definition) is 2. The maximum Gasteiger partial charge on any atom is 0.303 e. The van der Waals surface area contributed by atoms with Crippen LogP contribution in [0.25, 0.3) is 0 Å². The second kappa shape index (κ2) is 16.1. The summed E-state index contributed by atoms with van der Waals surface area (Å²) in [4.78, 5) is 32.6. The Bertz CT molecular complexity index is 439. The highest BCUT2D eigenvalue weighted by Crippen LogP contribution is 2.17. The molecule has 0 amide bonds. The number of allylic oxidation sites excluding steroid dienone is 1. The van der Waals surface area contributed by atoms with Crippen LogP contribution in [-0.4, -0.2) is 52.2 Å². The average molecular weight is 400 g/mol. The highest BCUT2D eigenvalue weighted by atomic mass is 16.4. The van der Waals surface area contributed by atoms with Crippen molar-refractivity contribution in [3.8, 4) is 0 Å². The number of unbranched alkanes of at least 4 members (excludes halogenated alkanes) is 5. The zero-order chi connectivity index (χ0) is 21.3. The maximum atomic E-state index is 10.9. The van der Waals surface area contributed by atoms with Gasteiger partial charge in [-0.25, -0.2) is 0 Å². The molecule has 0 bridgehead atoms. The summed E-state index contributed by atoms with van der Waals surface area (Å²) in [5, 5.41) is 28.7. The van der Waals surface area contributed by atoms with Crippen molar-refractivity contribution < 1.29 is 34.2 Å². The molecule has 0 aliphatic heterocycles. The molecule has 162 valence electrons. The van der Waals surface area contributed by atoms with E-state index in [-0.39, 0.29) is 19.3 Å². The number of aliphatic carboxylic acids is 3. The molecular formula is C21H37NO6. The average Bonchev–Trinajstić information content (AvgIpc) is 2.60. The smallest absolute Gasteiger partial charge is 0.303 e. The normalized spacial score (nSPS) is 11.8. The number of carboxylic acid groups (broad SMARTS) is 3. The van der Waals surface area contributed by atoms with Crippen molar-refractivity contribution in [3.05, 3.63) is 12.3 Å². The summed E-state index contributed by atoms with van der Waals surface area (Å²) >= 11 is 0. The molecule has 7 heteroatoms. The van der Waals surface area contributed by atoms with Crippen molar-refractivity contribution in [3.63, 3.8) is 0 Å². The van der Waals surface area contributed by atoms with Crippen LogP contribution in [0.3, 0.4) is 0 Å². The lowest BCUT2D eigenvalue weighted by atomic mass is 10.1. The Morgan fingerprint density at radius 1 is 0.786 bits per heavy atom. The monoisotopic (exact) mass is 399 g/mol. The van der Waals surface area contributed by atoms with Crippen LogP contribution in [0.2, 0.25) is 0 Å². The predicted octanol–water partition coefficient (Wildman–Crippen LogP) is 2.94. The van der Waals surface area contributed by atoms with E-state index in [9.17, 15) is 19.5 Å². The van der Waals surface area contributed by atoms with Gasteiger partial charge in [-0.3, -0.25) is 14.1 Å². The van der Waals surface area contributed by atoms with Crippen molar-refractivity contribution in [1.82, 2.24) is 0 Å². The van der Waals surface area contributed by atoms with Gasteiger partial charge in [-0.1, -0.05) is 32.6 Å². The molecule has 2 N–H and O–H groups in total. The van der Waals surface area contributed by atoms with Crippen LogP contribution in [0.1, 0.15) is 84.0 Å². The second-order valence-corrected chi connectivity index (χ2v) is 7.45. The minimum atomic E-state index is -1.10. The Kier molecular flexibility index (Phi) is 15.0. The molecule has 0 radical (unpaired) electrons. The van der Waals surface area contributed by atoms with Gasteiger partial charge < -0.3 is 20.1 Å². The molecule has 0 atom stereocenters. The van der Waals surface area contributed by atoms with Crippen molar-refractivity contribution in [1.29, 1.82) is 0 Å². The minimum Gasteiger partial charge on any atom is -0.550 e. The fourth-order valence-corrected chi connectivity index (χ4v) is 3.35. The first-order valence-corrected chi connectivity index (χ1v) is 10.5. The Hall–Kier alpha value is -1.89. The number of carbonyl (C=O) groups excluding carboxylic acids is 1. The zero-order valence-electron chi connectivity index (χ0n) is 17.2. The Labute approximate surface area is 168 Å². The van der Waals surface area contributed by atoms with E-state index < -0.39 is 17.9 Å². The second-order valence-electron chi connectivity index (χ2n) is 7.45. The molecule has 0 fully saturated rings. The third-order valence-corrected chi connectivity index (χ3v) is 4.87. The van der Waals surface area contributed by atoms with Crippen molar-refractivity contribution >= 4 is 17.9 Å². The van der Waals surface area contributed by atoms with E-state index in [0.717, 1.165) is 12.8 Å². The van der Waals surface area contributed by atoms with Crippen LogP contribution >= 0.6 is 0 Å². The van der Waals surface area contributed by atoms with Gasteiger partial charge in [0.2, 0.25) is 0 Å². The van der Waals surface area contributed by atoms with Crippen LogP contribution in [0, 0.1) is 0 Å². The minimum absolute atomic E-state index is 0.0459. The lowest BCUT2D eigenvalue weighted by molar-refractivity contribution is -0.880. The van der Waals surface area contributed by atoms with E-state index in [2.05, 4.69) is 13.0 Å². The van der Waals surface area contributed by atoms with Gasteiger partial charge in [0.25, 0.3) is 0 Å². The first-order chi connectivity index (χ1) is 13.3. The molecular weight excluding hydrogens is 362 g/mol. The molecule has 7 nitrogen and oxygen atoms in total. The summed E-state index contributed by atoms with van der Waals surface area (Å²) in [5.74, 6) is -2.83. The number of carboxylic acids is 3. The molecule has 0 spiro atoms. The van der Waals surface area contributed by atoms with Crippen molar-refractivity contribution in [2.75, 3.05) is 19.6 Å². The first kappa shape index (κ1) is 26.1. The number of hydrogen-bond acceptors (Lipinski definition) is 4. The molecule has 0 aliphatic rings. The van der Waals surface area contributed by atoms with E-state index in [1.54, 1.807) is 0 Å². The number of rotatable bonds is 19. The van der Waals surface area contributed by atoms with E-state index in [0.29, 0.717) is 43.4 Å². The SMILES string of the molecule is CCCCCCC/C=C/[N+](CCCC(=O)[O-])(CCCC(=O)O)CCCC(=O)O. The molecule has 0 aliphatic carbocycles. The standard InChI is InChI=1S/C21H37NO6/c1-2-3-4-5-6-7-8-15-22(16-9-12-19(23)24,17-10-13-20(25)26)18-11-14-21(27)28/h8,15H,2-7,9-14,16-18H2,1H3,(H2-,23,24,25,26,27,28)/b15-8+. The molecule has 0 aromatic heterocycles. The largest absolute Gasteiger partial charge is 0.550 e. The van der Waals surface area contributed by atoms with Crippen LogP contribution in [0.4, 0.5) is 0 Å². The molecule has 0 saturated carbocycles. The summed E-state index contributed by atoms with van der Waals surface area (Å²) in [6.07, 6.45) is 12.3. The van der Waals surface area contributed by atoms with Gasteiger partial charge in [0, 0.05) is 25.2 Å². The molecule has 0 heterocycles. The first-order valence-electron chi connectivity index (χ1n) is 10.5. The fraction of sp³-hybridized carbons (Fsp3) is 0.762. The van der Waals surface area contributed by atoms with E-state index >= 15 is 0 Å². The van der Waals surface area contributed by atoms with Gasteiger partial charge >= 0.3 is 11.9 Å². The molecule has 0 saturated heterocycles. The quantitative estimate of drug-likeness (QED) is 0.255. The van der Waals surface area contributed by atoms with Crippen LogP contribution in [0.15, 0.2) is 12.3 Å². The van der Waals surface area contributed by atoms with Crippen LogP contribution in [-0.2, 0) is 14.4 Å². The highest BCUT2D eigenvalue weighted by molar-refractivity contribution is 5.66. The third kappa shape index (κ3) is 15.2. The molecule has 0 rings (SSSR count). The summed E-state index contributed by atoms with van der Waals surface area (Å²) < 4.78 is 0.433. The predicted molar refractivity (Wildman–Crippen MR) is 105 cm³/mol. The topological polar surface area (TPSA) is 115 Å². The molecule has 0 aromatic carbocycles. The highest BCUT2D eigenvalue weighted by Gasteiger charge is 2.24. The van der Waals surface area contributed by atoms with Gasteiger partial charge in [0.05, 0.1) is 38.7 Å². The Morgan fingerprint density at radius 3 is 1.75 bits per heavy atom. The van der Waals surface area contributed by atoms with Crippen LogP contribution in [0.5, 0.6) is 0 Å². The van der Waals surface area contributed by atoms with Crippen molar-refractivity contribution in [2.24, 2.45) is 0 Å². The number of quaternary nitrogens is 1. The van der Waals surface area contributed by atoms with Crippen molar-refractivity contribution in [2.45, 2.75) is 84.0 Å². The molecule has 0 unspecified atom stereocenters. The lowest BCUT2D eigenvalue weighted by Gasteiger charge is -2.35. The Balaban J connectivity index is 4.97. The Morgan fingerprint density at radius 2 is 1.29 bits per heavy atom. The summed E-state index contributed by atoms with van der Waals surface area (Å²) in [6.45, 7) is 3.84. The third-order valence-electron chi connectivity index (χ3n) is 4.87. The maximum absolute atomic E-state index is 10.9. The summed E-state index contributed by atoms with van der Waals surface area (Å²) in [6, 6.07) is 0. The van der Waals surface area contributed by atoms with E-state index in [4.69, 9.17) is 10.2 Å². The fourth-order valence-electron chi connectivity index (χ4n) is 3.35. The van der Waals surface area contributed by atoms with E-state index in [1.807, 2.05) is 6.20 Å².